The van der Waals surface area contributed by atoms with Crippen LogP contribution in [0.3, 0.4) is 0 Å². The van der Waals surface area contributed by atoms with Crippen molar-refractivity contribution in [2.75, 3.05) is 0 Å². The van der Waals surface area contributed by atoms with Crippen molar-refractivity contribution in [2.45, 2.75) is 0 Å². The highest BCUT2D eigenvalue weighted by atomic mass is 79.9. The third-order valence-corrected chi connectivity index (χ3v) is 3.80. The standard InChI is InChI=1S/C16H8Br2N2/c17-13-5-1-11(2-6-13)15(9-19)16(10-20)12-3-7-14(18)8-4-12/h1-8H. The van der Waals surface area contributed by atoms with Gasteiger partial charge in [0.2, 0.25) is 0 Å². The number of rotatable bonds is 2. The van der Waals surface area contributed by atoms with Gasteiger partial charge in [0.1, 0.15) is 12.1 Å². The Labute approximate surface area is 134 Å². The first kappa shape index (κ1) is 14.5. The van der Waals surface area contributed by atoms with E-state index in [-0.39, 0.29) is 0 Å². The van der Waals surface area contributed by atoms with E-state index >= 15 is 0 Å². The molecule has 2 aromatic carbocycles. The van der Waals surface area contributed by atoms with Gasteiger partial charge < -0.3 is 0 Å². The lowest BCUT2D eigenvalue weighted by molar-refractivity contribution is 1.49. The molecule has 0 fully saturated rings. The first-order valence-electron chi connectivity index (χ1n) is 5.72. The molecule has 0 spiro atoms. The lowest BCUT2D eigenvalue weighted by atomic mass is 9.96. The molecule has 0 heterocycles. The summed E-state index contributed by atoms with van der Waals surface area (Å²) in [5.41, 5.74) is 2.22. The van der Waals surface area contributed by atoms with Crippen LogP contribution in [0.4, 0.5) is 0 Å². The van der Waals surface area contributed by atoms with Gasteiger partial charge in [-0.25, -0.2) is 0 Å². The van der Waals surface area contributed by atoms with Gasteiger partial charge in [-0.15, -0.1) is 0 Å². The quantitative estimate of drug-likeness (QED) is 0.527. The summed E-state index contributed by atoms with van der Waals surface area (Å²) in [5.74, 6) is 0. The van der Waals surface area contributed by atoms with E-state index in [1.807, 2.05) is 48.5 Å². The average molecular weight is 388 g/mol. The molecule has 0 saturated carbocycles. The normalized spacial score (nSPS) is 11.2. The second-order valence-electron chi connectivity index (χ2n) is 3.99. The maximum atomic E-state index is 9.39. The smallest absolute Gasteiger partial charge is 0.101 e. The van der Waals surface area contributed by atoms with Crippen LogP contribution in [0.5, 0.6) is 0 Å². The first-order valence-corrected chi connectivity index (χ1v) is 7.30. The van der Waals surface area contributed by atoms with Crippen LogP contribution < -0.4 is 0 Å². The lowest BCUT2D eigenvalue weighted by Crippen LogP contribution is -1.89. The minimum Gasteiger partial charge on any atom is -0.192 e. The van der Waals surface area contributed by atoms with Gasteiger partial charge in [-0.2, -0.15) is 10.5 Å². The van der Waals surface area contributed by atoms with Crippen LogP contribution in [-0.4, -0.2) is 0 Å². The molecule has 4 heteroatoms. The van der Waals surface area contributed by atoms with Crippen molar-refractivity contribution < 1.29 is 0 Å². The number of hydrogen-bond donors (Lipinski definition) is 0. The van der Waals surface area contributed by atoms with Crippen molar-refractivity contribution in [1.82, 2.24) is 0 Å². The van der Waals surface area contributed by atoms with Crippen LogP contribution in [0.15, 0.2) is 57.5 Å². The fraction of sp³-hybridized carbons (Fsp3) is 0. The van der Waals surface area contributed by atoms with Crippen molar-refractivity contribution in [3.8, 4) is 12.1 Å². The number of nitriles is 2. The molecule has 0 N–H and O–H groups in total. The van der Waals surface area contributed by atoms with Gasteiger partial charge in [0, 0.05) is 8.95 Å². The molecule has 0 radical (unpaired) electrons. The fourth-order valence-electron chi connectivity index (χ4n) is 1.76. The van der Waals surface area contributed by atoms with E-state index in [4.69, 9.17) is 0 Å². The van der Waals surface area contributed by atoms with Gasteiger partial charge in [0.25, 0.3) is 0 Å². The SMILES string of the molecule is N#CC(=C(C#N)c1ccc(Br)cc1)c1ccc(Br)cc1. The van der Waals surface area contributed by atoms with Crippen molar-refractivity contribution in [3.63, 3.8) is 0 Å². The van der Waals surface area contributed by atoms with Crippen LogP contribution >= 0.6 is 31.9 Å². The van der Waals surface area contributed by atoms with Crippen LogP contribution in [0.25, 0.3) is 11.1 Å². The number of hydrogen-bond acceptors (Lipinski definition) is 2. The van der Waals surface area contributed by atoms with E-state index in [9.17, 15) is 10.5 Å². The summed E-state index contributed by atoms with van der Waals surface area (Å²) in [6.45, 7) is 0. The van der Waals surface area contributed by atoms with Gasteiger partial charge in [0.15, 0.2) is 0 Å². The summed E-state index contributed by atoms with van der Waals surface area (Å²) in [7, 11) is 0. The summed E-state index contributed by atoms with van der Waals surface area (Å²) in [4.78, 5) is 0. The molecule has 96 valence electrons. The highest BCUT2D eigenvalue weighted by molar-refractivity contribution is 9.10. The number of nitrogens with zero attached hydrogens (tertiary/aromatic N) is 2. The van der Waals surface area contributed by atoms with E-state index in [2.05, 4.69) is 44.0 Å². The summed E-state index contributed by atoms with van der Waals surface area (Å²) in [5, 5.41) is 18.8. The van der Waals surface area contributed by atoms with Crippen LogP contribution in [0.2, 0.25) is 0 Å². The summed E-state index contributed by atoms with van der Waals surface area (Å²) in [6.07, 6.45) is 0. The fourth-order valence-corrected chi connectivity index (χ4v) is 2.29. The van der Waals surface area contributed by atoms with E-state index in [0.717, 1.165) is 20.1 Å². The highest BCUT2D eigenvalue weighted by Gasteiger charge is 2.11. The van der Waals surface area contributed by atoms with Crippen molar-refractivity contribution in [1.29, 1.82) is 10.5 Å². The summed E-state index contributed by atoms with van der Waals surface area (Å²) >= 11 is 6.71. The zero-order valence-electron chi connectivity index (χ0n) is 10.3. The molecule has 20 heavy (non-hydrogen) atoms. The highest BCUT2D eigenvalue weighted by Crippen LogP contribution is 2.27. The molecule has 0 amide bonds. The van der Waals surface area contributed by atoms with Crippen molar-refractivity contribution in [3.05, 3.63) is 68.6 Å². The monoisotopic (exact) mass is 386 g/mol. The zero-order valence-corrected chi connectivity index (χ0v) is 13.4. The van der Waals surface area contributed by atoms with Gasteiger partial charge in [0.05, 0.1) is 11.1 Å². The molecule has 0 aliphatic heterocycles. The number of halogens is 2. The molecule has 0 bridgehead atoms. The Balaban J connectivity index is 2.60. The summed E-state index contributed by atoms with van der Waals surface area (Å²) in [6, 6.07) is 18.9. The maximum Gasteiger partial charge on any atom is 0.101 e. The van der Waals surface area contributed by atoms with Gasteiger partial charge >= 0.3 is 0 Å². The van der Waals surface area contributed by atoms with Gasteiger partial charge in [-0.1, -0.05) is 56.1 Å². The largest absolute Gasteiger partial charge is 0.192 e. The van der Waals surface area contributed by atoms with E-state index < -0.39 is 0 Å². The second-order valence-corrected chi connectivity index (χ2v) is 5.82. The predicted molar refractivity (Wildman–Crippen MR) is 86.3 cm³/mol. The second kappa shape index (κ2) is 6.52. The molecule has 2 aromatic rings. The molecular formula is C16H8Br2N2. The Kier molecular flexibility index (Phi) is 4.74. The number of allylic oxidation sites excluding steroid dienone is 2. The predicted octanol–water partition coefficient (Wildman–Crippen LogP) is 5.17. The third-order valence-electron chi connectivity index (χ3n) is 2.74. The minimum atomic E-state index is 0.377. The Hall–Kier alpha value is -1.88. The van der Waals surface area contributed by atoms with Crippen molar-refractivity contribution in [2.24, 2.45) is 0 Å². The van der Waals surface area contributed by atoms with Crippen LogP contribution in [0, 0.1) is 22.7 Å². The van der Waals surface area contributed by atoms with Crippen LogP contribution in [-0.2, 0) is 0 Å². The zero-order chi connectivity index (χ0) is 14.5. The third kappa shape index (κ3) is 3.17. The Morgan fingerprint density at radius 2 is 0.950 bits per heavy atom. The number of benzene rings is 2. The molecule has 2 nitrogen and oxygen atoms in total. The van der Waals surface area contributed by atoms with E-state index in [1.165, 1.54) is 0 Å². The van der Waals surface area contributed by atoms with Gasteiger partial charge in [-0.3, -0.25) is 0 Å². The van der Waals surface area contributed by atoms with Crippen LogP contribution in [0.1, 0.15) is 11.1 Å². The molecule has 0 saturated heterocycles. The molecular weight excluding hydrogens is 380 g/mol. The maximum absolute atomic E-state index is 9.39. The Morgan fingerprint density at radius 1 is 0.650 bits per heavy atom. The lowest BCUT2D eigenvalue weighted by Gasteiger charge is -2.05. The molecule has 2 rings (SSSR count). The molecule has 0 aliphatic rings. The van der Waals surface area contributed by atoms with Crippen molar-refractivity contribution >= 4 is 43.0 Å². The van der Waals surface area contributed by atoms with E-state index in [1.54, 1.807) is 0 Å². The molecule has 0 aliphatic carbocycles. The van der Waals surface area contributed by atoms with E-state index in [0.29, 0.717) is 11.1 Å². The average Bonchev–Trinajstić information content (AvgIpc) is 2.47. The Morgan fingerprint density at radius 3 is 1.20 bits per heavy atom. The van der Waals surface area contributed by atoms with Gasteiger partial charge in [-0.05, 0) is 35.4 Å². The topological polar surface area (TPSA) is 47.6 Å². The molecule has 0 unspecified atom stereocenters. The minimum absolute atomic E-state index is 0.377. The molecule has 0 atom stereocenters. The summed E-state index contributed by atoms with van der Waals surface area (Å²) < 4.78 is 1.86. The first-order chi connectivity index (χ1) is 9.65. The molecule has 0 aromatic heterocycles. The Bertz CT molecular complexity index is 665.